The lowest BCUT2D eigenvalue weighted by atomic mass is 9.76. The van der Waals surface area contributed by atoms with Gasteiger partial charge in [-0.25, -0.2) is 0 Å². The number of benzene rings is 1. The van der Waals surface area contributed by atoms with Crippen LogP contribution in [0.5, 0.6) is 0 Å². The van der Waals surface area contributed by atoms with Gasteiger partial charge in [-0.3, -0.25) is 4.98 Å². The maximum atomic E-state index is 6.26. The maximum absolute atomic E-state index is 6.26. The highest BCUT2D eigenvalue weighted by atomic mass is 35.5. The third-order valence-corrected chi connectivity index (χ3v) is 4.89. The van der Waals surface area contributed by atoms with Gasteiger partial charge in [0.05, 0.1) is 6.04 Å². The first kappa shape index (κ1) is 12.9. The molecule has 2 nitrogen and oxygen atoms in total. The molecule has 21 heavy (non-hydrogen) atoms. The Labute approximate surface area is 129 Å². The molecular weight excluding hydrogens is 280 g/mol. The molecule has 0 spiro atoms. The van der Waals surface area contributed by atoms with Crippen molar-refractivity contribution in [3.05, 3.63) is 70.5 Å². The van der Waals surface area contributed by atoms with E-state index in [2.05, 4.69) is 41.5 Å². The molecule has 0 saturated carbocycles. The minimum atomic E-state index is 0.311. The molecule has 106 valence electrons. The van der Waals surface area contributed by atoms with Gasteiger partial charge in [0.1, 0.15) is 0 Å². The van der Waals surface area contributed by atoms with Crippen LogP contribution >= 0.6 is 11.6 Å². The predicted molar refractivity (Wildman–Crippen MR) is 86.8 cm³/mol. The van der Waals surface area contributed by atoms with Crippen molar-refractivity contribution in [2.75, 3.05) is 5.32 Å². The summed E-state index contributed by atoms with van der Waals surface area (Å²) in [5.74, 6) is 0.989. The van der Waals surface area contributed by atoms with Gasteiger partial charge in [-0.05, 0) is 54.2 Å². The first-order chi connectivity index (χ1) is 10.2. The van der Waals surface area contributed by atoms with Crippen molar-refractivity contribution in [2.24, 2.45) is 5.92 Å². The van der Waals surface area contributed by atoms with Crippen molar-refractivity contribution in [1.82, 2.24) is 4.98 Å². The molecule has 1 aromatic carbocycles. The van der Waals surface area contributed by atoms with Gasteiger partial charge < -0.3 is 5.32 Å². The molecule has 3 heteroatoms. The molecule has 3 unspecified atom stereocenters. The van der Waals surface area contributed by atoms with E-state index in [9.17, 15) is 0 Å². The van der Waals surface area contributed by atoms with Crippen LogP contribution < -0.4 is 5.32 Å². The summed E-state index contributed by atoms with van der Waals surface area (Å²) in [5, 5.41) is 4.57. The largest absolute Gasteiger partial charge is 0.377 e. The second-order valence-corrected chi connectivity index (χ2v) is 6.39. The normalized spacial score (nSPS) is 26.1. The molecule has 2 aliphatic rings. The van der Waals surface area contributed by atoms with Gasteiger partial charge in [0.15, 0.2) is 0 Å². The summed E-state index contributed by atoms with van der Waals surface area (Å²) in [6.07, 6.45) is 9.54. The summed E-state index contributed by atoms with van der Waals surface area (Å²) in [7, 11) is 0. The fourth-order valence-electron chi connectivity index (χ4n) is 3.73. The van der Waals surface area contributed by atoms with Crippen LogP contribution in [0.4, 0.5) is 5.69 Å². The Morgan fingerprint density at radius 1 is 1.33 bits per heavy atom. The molecule has 0 amide bonds. The van der Waals surface area contributed by atoms with Crippen LogP contribution in [0.25, 0.3) is 0 Å². The summed E-state index contributed by atoms with van der Waals surface area (Å²) in [6.45, 7) is 2.12. The molecule has 3 atom stereocenters. The van der Waals surface area contributed by atoms with Gasteiger partial charge >= 0.3 is 0 Å². The van der Waals surface area contributed by atoms with Crippen molar-refractivity contribution < 1.29 is 0 Å². The van der Waals surface area contributed by atoms with Crippen molar-refractivity contribution in [2.45, 2.75) is 25.3 Å². The number of nitrogens with zero attached hydrogens (tertiary/aromatic N) is 1. The molecule has 0 radical (unpaired) electrons. The average molecular weight is 297 g/mol. The Hall–Kier alpha value is -1.80. The number of hydrogen-bond donors (Lipinski definition) is 1. The number of pyridine rings is 1. The topological polar surface area (TPSA) is 24.9 Å². The third kappa shape index (κ3) is 2.06. The number of allylic oxidation sites excluding steroid dienone is 2. The SMILES string of the molecule is Cc1cc(Cl)cc2c1NC(c1cccnc1)C1CC=CC21. The van der Waals surface area contributed by atoms with Gasteiger partial charge in [-0.1, -0.05) is 29.8 Å². The van der Waals surface area contributed by atoms with Crippen LogP contribution in [0.1, 0.15) is 35.1 Å². The highest BCUT2D eigenvalue weighted by Gasteiger charge is 2.38. The molecule has 1 N–H and O–H groups in total. The van der Waals surface area contributed by atoms with E-state index < -0.39 is 0 Å². The summed E-state index contributed by atoms with van der Waals surface area (Å²) in [5.41, 5.74) is 5.04. The van der Waals surface area contributed by atoms with Crippen LogP contribution in [0.2, 0.25) is 5.02 Å². The van der Waals surface area contributed by atoms with Gasteiger partial charge in [-0.2, -0.15) is 0 Å². The van der Waals surface area contributed by atoms with Crippen molar-refractivity contribution >= 4 is 17.3 Å². The summed E-state index contributed by atoms with van der Waals surface area (Å²) in [4.78, 5) is 4.29. The summed E-state index contributed by atoms with van der Waals surface area (Å²) in [6, 6.07) is 8.64. The fourth-order valence-corrected chi connectivity index (χ4v) is 4.01. The van der Waals surface area contributed by atoms with Crippen LogP contribution in [0, 0.1) is 12.8 Å². The number of aryl methyl sites for hydroxylation is 1. The minimum absolute atomic E-state index is 0.311. The number of rotatable bonds is 1. The Morgan fingerprint density at radius 3 is 3.05 bits per heavy atom. The molecule has 2 heterocycles. The van der Waals surface area contributed by atoms with Crippen molar-refractivity contribution in [3.63, 3.8) is 0 Å². The molecule has 4 rings (SSSR count). The lowest BCUT2D eigenvalue weighted by Gasteiger charge is -2.38. The Morgan fingerprint density at radius 2 is 2.24 bits per heavy atom. The molecule has 0 fully saturated rings. The third-order valence-electron chi connectivity index (χ3n) is 4.67. The van der Waals surface area contributed by atoms with Crippen LogP contribution in [-0.2, 0) is 0 Å². The van der Waals surface area contributed by atoms with E-state index >= 15 is 0 Å². The number of anilines is 1. The Kier molecular flexibility index (Phi) is 3.00. The quantitative estimate of drug-likeness (QED) is 0.759. The molecule has 1 aliphatic heterocycles. The van der Waals surface area contributed by atoms with Crippen molar-refractivity contribution in [3.8, 4) is 0 Å². The van der Waals surface area contributed by atoms with E-state index in [4.69, 9.17) is 11.6 Å². The molecular formula is C18H17ClN2. The van der Waals surface area contributed by atoms with E-state index in [1.807, 2.05) is 24.5 Å². The fraction of sp³-hybridized carbons (Fsp3) is 0.278. The highest BCUT2D eigenvalue weighted by Crippen LogP contribution is 2.51. The number of halogens is 1. The minimum Gasteiger partial charge on any atom is -0.377 e. The second-order valence-electron chi connectivity index (χ2n) is 5.95. The first-order valence-corrected chi connectivity index (χ1v) is 7.75. The molecule has 0 bridgehead atoms. The molecule has 1 aromatic heterocycles. The maximum Gasteiger partial charge on any atom is 0.0569 e. The van der Waals surface area contributed by atoms with Crippen LogP contribution in [-0.4, -0.2) is 4.98 Å². The lowest BCUT2D eigenvalue weighted by molar-refractivity contribution is 0.424. The van der Waals surface area contributed by atoms with E-state index in [0.29, 0.717) is 17.9 Å². The van der Waals surface area contributed by atoms with E-state index in [-0.39, 0.29) is 0 Å². The second kappa shape index (κ2) is 4.88. The standard InChI is InChI=1S/C18H17ClN2/c1-11-8-13(19)9-16-14-5-2-6-15(14)18(21-17(11)16)12-4-3-7-20-10-12/h2-5,7-10,14-15,18,21H,6H2,1H3. The zero-order valence-corrected chi connectivity index (χ0v) is 12.6. The monoisotopic (exact) mass is 296 g/mol. The molecule has 0 saturated heterocycles. The van der Waals surface area contributed by atoms with Gasteiger partial charge in [-0.15, -0.1) is 0 Å². The zero-order valence-electron chi connectivity index (χ0n) is 11.9. The summed E-state index contributed by atoms with van der Waals surface area (Å²) >= 11 is 6.26. The summed E-state index contributed by atoms with van der Waals surface area (Å²) < 4.78 is 0. The Bertz CT molecular complexity index is 709. The lowest BCUT2D eigenvalue weighted by Crippen LogP contribution is -2.29. The van der Waals surface area contributed by atoms with Gasteiger partial charge in [0.2, 0.25) is 0 Å². The highest BCUT2D eigenvalue weighted by molar-refractivity contribution is 6.30. The molecule has 1 aliphatic carbocycles. The average Bonchev–Trinajstić information content (AvgIpc) is 2.97. The number of aromatic nitrogens is 1. The molecule has 2 aromatic rings. The predicted octanol–water partition coefficient (Wildman–Crippen LogP) is 4.87. The number of fused-ring (bicyclic) bond motifs is 3. The number of hydrogen-bond acceptors (Lipinski definition) is 2. The van der Waals surface area contributed by atoms with Crippen molar-refractivity contribution in [1.29, 1.82) is 0 Å². The van der Waals surface area contributed by atoms with Crippen LogP contribution in [0.3, 0.4) is 0 Å². The smallest absolute Gasteiger partial charge is 0.0569 e. The zero-order chi connectivity index (χ0) is 14.4. The van der Waals surface area contributed by atoms with E-state index in [1.165, 1.54) is 22.4 Å². The van der Waals surface area contributed by atoms with Gasteiger partial charge in [0, 0.05) is 29.0 Å². The first-order valence-electron chi connectivity index (χ1n) is 7.37. The van der Waals surface area contributed by atoms with E-state index in [0.717, 1.165) is 11.4 Å². The van der Waals surface area contributed by atoms with E-state index in [1.54, 1.807) is 0 Å². The number of nitrogens with one attached hydrogen (secondary N) is 1. The van der Waals surface area contributed by atoms with Gasteiger partial charge in [0.25, 0.3) is 0 Å². The van der Waals surface area contributed by atoms with Crippen LogP contribution in [0.15, 0.2) is 48.8 Å². The Balaban J connectivity index is 1.84.